The highest BCUT2D eigenvalue weighted by molar-refractivity contribution is 7.22. The molecular weight excluding hydrogens is 624 g/mol. The molecule has 0 amide bonds. The third kappa shape index (κ3) is 4.79. The summed E-state index contributed by atoms with van der Waals surface area (Å²) in [4.78, 5) is 17.0. The number of rotatable bonds is 6. The maximum atomic E-state index is 16.8. The molecule has 4 aromatic rings. The number of piperazine rings is 1. The predicted molar refractivity (Wildman–Crippen MR) is 155 cm³/mol. The Labute approximate surface area is 256 Å². The molecule has 0 aliphatic carbocycles. The van der Waals surface area contributed by atoms with Gasteiger partial charge in [0.25, 0.3) is 0 Å². The number of nitrogens with zero attached hydrogens (tertiary/aromatic N) is 5. The van der Waals surface area contributed by atoms with E-state index in [1.54, 1.807) is 0 Å². The van der Waals surface area contributed by atoms with Crippen LogP contribution in [0.5, 0.6) is 11.8 Å². The molecule has 238 valence electrons. The highest BCUT2D eigenvalue weighted by Crippen LogP contribution is 2.46. The second-order valence-corrected chi connectivity index (χ2v) is 13.2. The third-order valence-electron chi connectivity index (χ3n) is 9.42. The summed E-state index contributed by atoms with van der Waals surface area (Å²) in [5.74, 6) is -2.50. The van der Waals surface area contributed by atoms with Gasteiger partial charge in [-0.3, -0.25) is 4.90 Å². The zero-order valence-corrected chi connectivity index (χ0v) is 24.5. The topological polar surface area (TPSA) is 102 Å². The molecule has 4 atom stereocenters. The van der Waals surface area contributed by atoms with E-state index in [1.807, 2.05) is 4.90 Å². The van der Waals surface area contributed by atoms with E-state index in [2.05, 4.69) is 29.9 Å². The average Bonchev–Trinajstić information content (AvgIpc) is 3.79. The molecule has 0 spiro atoms. The van der Waals surface area contributed by atoms with Gasteiger partial charge in [0.05, 0.1) is 21.3 Å². The van der Waals surface area contributed by atoms with Gasteiger partial charge in [-0.15, -0.1) is 13.2 Å². The Bertz CT molecular complexity index is 1840. The van der Waals surface area contributed by atoms with Gasteiger partial charge in [-0.05, 0) is 44.0 Å². The molecule has 16 heteroatoms. The van der Waals surface area contributed by atoms with E-state index in [4.69, 9.17) is 10.5 Å². The molecule has 4 fully saturated rings. The van der Waals surface area contributed by atoms with Gasteiger partial charge in [0.1, 0.15) is 35.7 Å². The van der Waals surface area contributed by atoms with Crippen LogP contribution in [0.15, 0.2) is 18.2 Å². The highest BCUT2D eigenvalue weighted by Gasteiger charge is 2.49. The predicted octanol–water partition coefficient (Wildman–Crippen LogP) is 5.17. The number of hydrogen-bond donors (Lipinski definition) is 2. The fourth-order valence-corrected chi connectivity index (χ4v) is 8.33. The molecule has 6 heterocycles. The number of nitrogen functional groups attached to an aromatic ring is 1. The van der Waals surface area contributed by atoms with Crippen molar-refractivity contribution in [1.82, 2.24) is 25.2 Å². The minimum Gasteiger partial charge on any atom is -0.461 e. The number of thiazole rings is 1. The van der Waals surface area contributed by atoms with Crippen molar-refractivity contribution in [2.24, 2.45) is 0 Å². The normalized spacial score (nSPS) is 26.4. The molecule has 9 nitrogen and oxygen atoms in total. The zero-order chi connectivity index (χ0) is 31.2. The Morgan fingerprint density at radius 1 is 1.13 bits per heavy atom. The maximum Gasteiger partial charge on any atom is 0.573 e. The van der Waals surface area contributed by atoms with Gasteiger partial charge in [0.2, 0.25) is 0 Å². The van der Waals surface area contributed by atoms with Crippen molar-refractivity contribution in [3.8, 4) is 22.9 Å². The number of anilines is 2. The van der Waals surface area contributed by atoms with Gasteiger partial charge in [-0.25, -0.2) is 18.2 Å². The van der Waals surface area contributed by atoms with Crippen molar-refractivity contribution in [2.75, 3.05) is 43.4 Å². The Balaban J connectivity index is 1.32. The Morgan fingerprint density at radius 3 is 2.73 bits per heavy atom. The molecule has 0 saturated carbocycles. The maximum absolute atomic E-state index is 16.8. The fraction of sp³-hybridized carbons (Fsp3) is 0.483. The lowest BCUT2D eigenvalue weighted by Gasteiger charge is -2.32. The minimum atomic E-state index is -5.18. The number of nitrogens with two attached hydrogens (primary N) is 1. The van der Waals surface area contributed by atoms with E-state index in [1.165, 1.54) is 0 Å². The van der Waals surface area contributed by atoms with E-state index in [0.717, 1.165) is 55.3 Å². The Morgan fingerprint density at radius 2 is 1.98 bits per heavy atom. The molecule has 4 aliphatic heterocycles. The molecule has 2 unspecified atom stereocenters. The number of alkyl halides is 4. The van der Waals surface area contributed by atoms with Crippen molar-refractivity contribution in [3.05, 3.63) is 29.8 Å². The van der Waals surface area contributed by atoms with E-state index >= 15 is 4.39 Å². The van der Waals surface area contributed by atoms with Crippen LogP contribution in [0.4, 0.5) is 37.3 Å². The van der Waals surface area contributed by atoms with Gasteiger partial charge in [-0.2, -0.15) is 9.97 Å². The summed E-state index contributed by atoms with van der Waals surface area (Å²) >= 11 is 0.788. The molecule has 2 bridgehead atoms. The van der Waals surface area contributed by atoms with Crippen molar-refractivity contribution < 1.29 is 35.8 Å². The van der Waals surface area contributed by atoms with E-state index in [-0.39, 0.29) is 62.3 Å². The average molecular weight is 652 g/mol. The number of halogens is 6. The standard InChI is InChI=1S/C29H27F6N7O2S/c30-13-8-28(4-1-5-41(28)10-13)12-43-27-39-22-17(25(40-27)42-11-14-6-15(42)9-37-14)7-19(44-29(33,34)35)20(21(22)32)16-2-3-18(31)24-23(16)38-26(36)45-24/h2-3,7,13-15,37H,1,4-6,8-12H2,(H2,36,38)/t13-,14?,15?,28+/m1/s1. The van der Waals surface area contributed by atoms with Crippen LogP contribution in [0.3, 0.4) is 0 Å². The molecule has 8 rings (SSSR count). The molecule has 2 aromatic heterocycles. The van der Waals surface area contributed by atoms with Gasteiger partial charge >= 0.3 is 12.4 Å². The summed E-state index contributed by atoms with van der Waals surface area (Å²) in [6.45, 7) is 2.24. The van der Waals surface area contributed by atoms with Crippen LogP contribution >= 0.6 is 11.3 Å². The van der Waals surface area contributed by atoms with Crippen molar-refractivity contribution >= 4 is 43.4 Å². The van der Waals surface area contributed by atoms with E-state index in [9.17, 15) is 22.0 Å². The SMILES string of the molecule is Nc1nc2c(-c3c(OC(F)(F)F)cc4c(N5CC6CC5CN6)nc(OC[C@@]56CCCN5C[C@H](F)C6)nc4c3F)ccc(F)c2s1. The Kier molecular flexibility index (Phi) is 6.52. The lowest BCUT2D eigenvalue weighted by molar-refractivity contribution is -0.274. The van der Waals surface area contributed by atoms with E-state index < -0.39 is 41.0 Å². The van der Waals surface area contributed by atoms with Crippen LogP contribution in [0.2, 0.25) is 0 Å². The largest absolute Gasteiger partial charge is 0.573 e. The van der Waals surface area contributed by atoms with Crippen LogP contribution in [-0.2, 0) is 0 Å². The number of nitrogens with one attached hydrogen (secondary N) is 1. The number of hydrogen-bond acceptors (Lipinski definition) is 10. The summed E-state index contributed by atoms with van der Waals surface area (Å²) in [6, 6.07) is 3.14. The zero-order valence-electron chi connectivity index (χ0n) is 23.6. The van der Waals surface area contributed by atoms with E-state index in [0.29, 0.717) is 26.1 Å². The lowest BCUT2D eigenvalue weighted by Crippen LogP contribution is -2.44. The molecule has 0 radical (unpaired) electrons. The second kappa shape index (κ2) is 10.2. The smallest absolute Gasteiger partial charge is 0.461 e. The first-order chi connectivity index (χ1) is 21.5. The molecule has 4 aliphatic rings. The first-order valence-electron chi connectivity index (χ1n) is 14.6. The van der Waals surface area contributed by atoms with Gasteiger partial charge in [-0.1, -0.05) is 11.3 Å². The number of ether oxygens (including phenoxy) is 2. The fourth-order valence-electron chi connectivity index (χ4n) is 7.57. The highest BCUT2D eigenvalue weighted by atomic mass is 32.1. The summed E-state index contributed by atoms with van der Waals surface area (Å²) < 4.78 is 97.7. The molecular formula is C29H27F6N7O2S. The second-order valence-electron chi connectivity index (χ2n) is 12.2. The summed E-state index contributed by atoms with van der Waals surface area (Å²) in [7, 11) is 0. The van der Waals surface area contributed by atoms with Crippen molar-refractivity contribution in [1.29, 1.82) is 0 Å². The van der Waals surface area contributed by atoms with Crippen LogP contribution in [0, 0.1) is 11.6 Å². The monoisotopic (exact) mass is 651 g/mol. The first-order valence-corrected chi connectivity index (χ1v) is 15.5. The lowest BCUT2D eigenvalue weighted by atomic mass is 9.95. The van der Waals surface area contributed by atoms with Crippen molar-refractivity contribution in [2.45, 2.75) is 55.8 Å². The van der Waals surface area contributed by atoms with Crippen molar-refractivity contribution in [3.63, 3.8) is 0 Å². The van der Waals surface area contributed by atoms with Crippen LogP contribution in [0.25, 0.3) is 32.2 Å². The molecule has 3 N–H and O–H groups in total. The van der Waals surface area contributed by atoms with Gasteiger partial charge in [0.15, 0.2) is 10.9 Å². The quantitative estimate of drug-likeness (QED) is 0.274. The number of aromatic nitrogens is 3. The summed E-state index contributed by atoms with van der Waals surface area (Å²) in [5, 5.41) is 3.32. The Hall–Kier alpha value is -3.63. The van der Waals surface area contributed by atoms with Crippen LogP contribution < -0.4 is 25.4 Å². The summed E-state index contributed by atoms with van der Waals surface area (Å²) in [6.07, 6.45) is -3.49. The summed E-state index contributed by atoms with van der Waals surface area (Å²) in [5.41, 5.74) is 4.11. The third-order valence-corrected chi connectivity index (χ3v) is 10.3. The van der Waals surface area contributed by atoms with Gasteiger partial charge in [0, 0.05) is 49.1 Å². The number of fused-ring (bicyclic) bond motifs is 5. The number of benzene rings is 2. The van der Waals surface area contributed by atoms with Crippen LogP contribution in [-0.4, -0.2) is 82.8 Å². The molecule has 45 heavy (non-hydrogen) atoms. The van der Waals surface area contributed by atoms with Gasteiger partial charge < -0.3 is 25.4 Å². The molecule has 2 aromatic carbocycles. The van der Waals surface area contributed by atoms with Crippen LogP contribution in [0.1, 0.15) is 25.7 Å². The first kappa shape index (κ1) is 28.8. The molecule has 4 saturated heterocycles. The minimum absolute atomic E-state index is 0.00288.